The molecule has 2 aromatic carbocycles. The van der Waals surface area contributed by atoms with Crippen molar-refractivity contribution in [2.75, 3.05) is 18.4 Å². The van der Waals surface area contributed by atoms with Crippen LogP contribution in [-0.2, 0) is 20.9 Å². The molecule has 6 nitrogen and oxygen atoms in total. The second-order valence-electron chi connectivity index (χ2n) is 7.03. The number of aryl methyl sites for hydroxylation is 1. The van der Waals surface area contributed by atoms with E-state index in [1.165, 1.54) is 0 Å². The van der Waals surface area contributed by atoms with E-state index in [1.807, 2.05) is 62.4 Å². The van der Waals surface area contributed by atoms with Gasteiger partial charge >= 0.3 is 0 Å². The molecule has 0 atom stereocenters. The van der Waals surface area contributed by atoms with E-state index in [9.17, 15) is 14.4 Å². The number of amides is 3. The standard InChI is InChI=1S/C23H29N3O3/c1-3-4-13-23(29)26(16-19-10-6-5-7-11-19)17-22(28)24-15-21(27)25-20-12-8-9-18(2)14-20/h5-12,14H,3-4,13,15-17H2,1-2H3,(H,24,28)(H,25,27). The predicted molar refractivity (Wildman–Crippen MR) is 114 cm³/mol. The Bertz CT molecular complexity index is 821. The molecule has 0 radical (unpaired) electrons. The predicted octanol–water partition coefficient (Wildman–Crippen LogP) is 3.27. The Morgan fingerprint density at radius 3 is 2.41 bits per heavy atom. The molecule has 0 aliphatic rings. The minimum atomic E-state index is -0.356. The summed E-state index contributed by atoms with van der Waals surface area (Å²) in [7, 11) is 0. The molecule has 0 fully saturated rings. The molecule has 6 heteroatoms. The number of hydrogen-bond donors (Lipinski definition) is 2. The van der Waals surface area contributed by atoms with Gasteiger partial charge in [0.15, 0.2) is 0 Å². The number of carbonyl (C=O) groups is 3. The normalized spacial score (nSPS) is 10.3. The Balaban J connectivity index is 1.88. The van der Waals surface area contributed by atoms with Gasteiger partial charge < -0.3 is 15.5 Å². The number of hydrogen-bond acceptors (Lipinski definition) is 3. The van der Waals surface area contributed by atoms with E-state index in [-0.39, 0.29) is 30.8 Å². The lowest BCUT2D eigenvalue weighted by Gasteiger charge is -2.22. The summed E-state index contributed by atoms with van der Waals surface area (Å²) in [5, 5.41) is 5.35. The van der Waals surface area contributed by atoms with Gasteiger partial charge in [-0.05, 0) is 36.6 Å². The van der Waals surface area contributed by atoms with Crippen LogP contribution in [0.1, 0.15) is 37.3 Å². The van der Waals surface area contributed by atoms with Gasteiger partial charge in [-0.3, -0.25) is 14.4 Å². The molecule has 2 N–H and O–H groups in total. The fourth-order valence-electron chi connectivity index (χ4n) is 2.86. The lowest BCUT2D eigenvalue weighted by molar-refractivity contribution is -0.136. The third-order valence-corrected chi connectivity index (χ3v) is 4.40. The van der Waals surface area contributed by atoms with Crippen LogP contribution in [0.2, 0.25) is 0 Å². The molecule has 2 aromatic rings. The molecule has 0 bridgehead atoms. The molecular formula is C23H29N3O3. The number of nitrogens with one attached hydrogen (secondary N) is 2. The topological polar surface area (TPSA) is 78.5 Å². The molecule has 3 amide bonds. The molecule has 0 saturated heterocycles. The molecule has 0 spiro atoms. The SMILES string of the molecule is CCCCC(=O)N(CC(=O)NCC(=O)Nc1cccc(C)c1)Cc1ccccc1. The maximum absolute atomic E-state index is 12.5. The summed E-state index contributed by atoms with van der Waals surface area (Å²) in [5.41, 5.74) is 2.68. The van der Waals surface area contributed by atoms with Gasteiger partial charge in [0, 0.05) is 18.7 Å². The van der Waals surface area contributed by atoms with Crippen LogP contribution < -0.4 is 10.6 Å². The van der Waals surface area contributed by atoms with Crippen molar-refractivity contribution in [1.82, 2.24) is 10.2 Å². The van der Waals surface area contributed by atoms with Crippen LogP contribution in [0.15, 0.2) is 54.6 Å². The van der Waals surface area contributed by atoms with Gasteiger partial charge in [-0.2, -0.15) is 0 Å². The highest BCUT2D eigenvalue weighted by Crippen LogP contribution is 2.09. The Morgan fingerprint density at radius 2 is 1.72 bits per heavy atom. The van der Waals surface area contributed by atoms with Gasteiger partial charge in [0.1, 0.15) is 0 Å². The van der Waals surface area contributed by atoms with Crippen LogP contribution in [0.5, 0.6) is 0 Å². The zero-order valence-electron chi connectivity index (χ0n) is 17.1. The van der Waals surface area contributed by atoms with Crippen molar-refractivity contribution in [3.05, 3.63) is 65.7 Å². The van der Waals surface area contributed by atoms with Gasteiger partial charge in [-0.25, -0.2) is 0 Å². The fourth-order valence-corrected chi connectivity index (χ4v) is 2.86. The molecule has 0 unspecified atom stereocenters. The van der Waals surface area contributed by atoms with Crippen molar-refractivity contribution < 1.29 is 14.4 Å². The van der Waals surface area contributed by atoms with Crippen LogP contribution in [0.4, 0.5) is 5.69 Å². The number of benzene rings is 2. The maximum atomic E-state index is 12.5. The second kappa shape index (κ2) is 11.6. The number of anilines is 1. The molecule has 0 heterocycles. The van der Waals surface area contributed by atoms with Crippen molar-refractivity contribution in [3.63, 3.8) is 0 Å². The van der Waals surface area contributed by atoms with E-state index < -0.39 is 0 Å². The van der Waals surface area contributed by atoms with Crippen LogP contribution in [0.3, 0.4) is 0 Å². The van der Waals surface area contributed by atoms with Gasteiger partial charge in [0.25, 0.3) is 0 Å². The van der Waals surface area contributed by atoms with Crippen LogP contribution in [0, 0.1) is 6.92 Å². The first-order valence-electron chi connectivity index (χ1n) is 9.93. The third kappa shape index (κ3) is 8.17. The minimum Gasteiger partial charge on any atom is -0.345 e. The highest BCUT2D eigenvalue weighted by atomic mass is 16.2. The molecule has 0 aliphatic heterocycles. The summed E-state index contributed by atoms with van der Waals surface area (Å²) in [6, 6.07) is 17.0. The first-order chi connectivity index (χ1) is 14.0. The zero-order valence-corrected chi connectivity index (χ0v) is 17.1. The number of unbranched alkanes of at least 4 members (excludes halogenated alkanes) is 1. The smallest absolute Gasteiger partial charge is 0.243 e. The minimum absolute atomic E-state index is 0.0601. The molecule has 154 valence electrons. The van der Waals surface area contributed by atoms with E-state index in [1.54, 1.807) is 11.0 Å². The molecule has 0 aromatic heterocycles. The van der Waals surface area contributed by atoms with E-state index in [0.717, 1.165) is 24.0 Å². The summed E-state index contributed by atoms with van der Waals surface area (Å²) in [5.74, 6) is -0.726. The highest BCUT2D eigenvalue weighted by Gasteiger charge is 2.17. The Morgan fingerprint density at radius 1 is 0.966 bits per heavy atom. The van der Waals surface area contributed by atoms with E-state index >= 15 is 0 Å². The molecule has 0 aliphatic carbocycles. The number of nitrogens with zero attached hydrogens (tertiary/aromatic N) is 1. The van der Waals surface area contributed by atoms with Crippen LogP contribution in [-0.4, -0.2) is 35.7 Å². The summed E-state index contributed by atoms with van der Waals surface area (Å²) in [6.07, 6.45) is 2.10. The quantitative estimate of drug-likeness (QED) is 0.648. The van der Waals surface area contributed by atoms with Gasteiger partial charge in [-0.1, -0.05) is 55.8 Å². The average Bonchev–Trinajstić information content (AvgIpc) is 2.71. The van der Waals surface area contributed by atoms with E-state index in [0.29, 0.717) is 18.7 Å². The van der Waals surface area contributed by atoms with Gasteiger partial charge in [-0.15, -0.1) is 0 Å². The Hall–Kier alpha value is -3.15. The maximum Gasteiger partial charge on any atom is 0.243 e. The van der Waals surface area contributed by atoms with Gasteiger partial charge in [0.05, 0.1) is 13.1 Å². The lowest BCUT2D eigenvalue weighted by atomic mass is 10.2. The monoisotopic (exact) mass is 395 g/mol. The zero-order chi connectivity index (χ0) is 21.1. The van der Waals surface area contributed by atoms with Crippen LogP contribution >= 0.6 is 0 Å². The summed E-state index contributed by atoms with van der Waals surface area (Å²) >= 11 is 0. The summed E-state index contributed by atoms with van der Waals surface area (Å²) in [6.45, 7) is 4.11. The van der Waals surface area contributed by atoms with Crippen LogP contribution in [0.25, 0.3) is 0 Å². The van der Waals surface area contributed by atoms with Crippen molar-refractivity contribution in [3.8, 4) is 0 Å². The van der Waals surface area contributed by atoms with Gasteiger partial charge in [0.2, 0.25) is 17.7 Å². The lowest BCUT2D eigenvalue weighted by Crippen LogP contribution is -2.42. The first-order valence-corrected chi connectivity index (χ1v) is 9.93. The average molecular weight is 396 g/mol. The van der Waals surface area contributed by atoms with Crippen molar-refractivity contribution in [2.24, 2.45) is 0 Å². The molecule has 2 rings (SSSR count). The summed E-state index contributed by atoms with van der Waals surface area (Å²) in [4.78, 5) is 38.5. The Kier molecular flexibility index (Phi) is 8.89. The molecule has 0 saturated carbocycles. The van der Waals surface area contributed by atoms with Crippen molar-refractivity contribution in [1.29, 1.82) is 0 Å². The number of carbonyl (C=O) groups excluding carboxylic acids is 3. The second-order valence-corrected chi connectivity index (χ2v) is 7.03. The van der Waals surface area contributed by atoms with E-state index in [2.05, 4.69) is 10.6 Å². The summed E-state index contributed by atoms with van der Waals surface area (Å²) < 4.78 is 0. The van der Waals surface area contributed by atoms with E-state index in [4.69, 9.17) is 0 Å². The largest absolute Gasteiger partial charge is 0.345 e. The third-order valence-electron chi connectivity index (χ3n) is 4.40. The fraction of sp³-hybridized carbons (Fsp3) is 0.348. The molecular weight excluding hydrogens is 366 g/mol. The number of rotatable bonds is 10. The molecule has 29 heavy (non-hydrogen) atoms. The first kappa shape index (κ1) is 22.1. The van der Waals surface area contributed by atoms with Crippen molar-refractivity contribution in [2.45, 2.75) is 39.7 Å². The van der Waals surface area contributed by atoms with Crippen molar-refractivity contribution >= 4 is 23.4 Å². The Labute approximate surface area is 172 Å². The highest BCUT2D eigenvalue weighted by molar-refractivity contribution is 5.95.